The van der Waals surface area contributed by atoms with Gasteiger partial charge in [-0.1, -0.05) is 35.0 Å². The van der Waals surface area contributed by atoms with Crippen molar-refractivity contribution in [2.45, 2.75) is 26.3 Å². The number of benzene rings is 2. The van der Waals surface area contributed by atoms with Gasteiger partial charge in [-0.25, -0.2) is 9.78 Å². The molecule has 2 aromatic heterocycles. The Bertz CT molecular complexity index is 1330. The molecule has 0 aliphatic heterocycles. The van der Waals surface area contributed by atoms with Crippen LogP contribution in [0.3, 0.4) is 0 Å². The van der Waals surface area contributed by atoms with E-state index in [1.54, 1.807) is 30.5 Å². The van der Waals surface area contributed by atoms with E-state index in [1.807, 2.05) is 25.3 Å². The summed E-state index contributed by atoms with van der Waals surface area (Å²) in [5.41, 5.74) is 4.65. The molecule has 7 heteroatoms. The zero-order valence-electron chi connectivity index (χ0n) is 18.0. The van der Waals surface area contributed by atoms with Crippen LogP contribution < -0.4 is 0 Å². The maximum absolute atomic E-state index is 12.7. The largest absolute Gasteiger partial charge is 0.365 e. The summed E-state index contributed by atoms with van der Waals surface area (Å²) in [4.78, 5) is 22.5. The molecule has 1 aliphatic carbocycles. The molecule has 0 radical (unpaired) electrons. The highest BCUT2D eigenvalue weighted by atomic mass is 35.5. The molecule has 2 aromatic carbocycles. The van der Waals surface area contributed by atoms with Gasteiger partial charge < -0.3 is 14.0 Å². The van der Waals surface area contributed by atoms with Gasteiger partial charge in [0.05, 0.1) is 11.3 Å². The summed E-state index contributed by atoms with van der Waals surface area (Å²) in [6.07, 6.45) is 5.62. The molecule has 4 aromatic rings. The van der Waals surface area contributed by atoms with Crippen LogP contribution in [0.2, 0.25) is 5.02 Å². The molecule has 0 saturated heterocycles. The van der Waals surface area contributed by atoms with Crippen LogP contribution >= 0.6 is 11.6 Å². The van der Waals surface area contributed by atoms with Crippen molar-refractivity contribution in [2.24, 2.45) is 18.1 Å². The maximum atomic E-state index is 12.7. The average Bonchev–Trinajstić information content (AvgIpc) is 3.34. The standard InChI is InChI=1S/C25H23ClN4O2/c1-16-27-13-14-30(16)15-18-9-12-22-23(20-5-3-4-6-21(20)29(22)2)24(18)28-32-25(31)17-7-10-19(26)11-8-17/h3-8,10-11,13-14,18H,9,12,15H2,1-2H3. The Morgan fingerprint density at radius 2 is 2.00 bits per heavy atom. The van der Waals surface area contributed by atoms with E-state index < -0.39 is 5.97 Å². The van der Waals surface area contributed by atoms with Crippen LogP contribution in [0.5, 0.6) is 0 Å². The lowest BCUT2D eigenvalue weighted by molar-refractivity contribution is 0.0513. The maximum Gasteiger partial charge on any atom is 0.365 e. The van der Waals surface area contributed by atoms with Crippen LogP contribution in [-0.2, 0) is 24.9 Å². The third-order valence-electron chi connectivity index (χ3n) is 6.25. The molecule has 0 N–H and O–H groups in total. The zero-order valence-corrected chi connectivity index (χ0v) is 18.7. The van der Waals surface area contributed by atoms with Crippen molar-refractivity contribution >= 4 is 34.2 Å². The van der Waals surface area contributed by atoms with E-state index in [0.29, 0.717) is 10.6 Å². The van der Waals surface area contributed by atoms with Crippen molar-refractivity contribution in [3.63, 3.8) is 0 Å². The van der Waals surface area contributed by atoms with Crippen LogP contribution in [0, 0.1) is 12.8 Å². The number of hydrogen-bond acceptors (Lipinski definition) is 4. The van der Waals surface area contributed by atoms with Gasteiger partial charge in [0.25, 0.3) is 0 Å². The lowest BCUT2D eigenvalue weighted by atomic mass is 9.84. The first-order valence-corrected chi connectivity index (χ1v) is 11.0. The van der Waals surface area contributed by atoms with E-state index >= 15 is 0 Å². The quantitative estimate of drug-likeness (QED) is 0.321. The molecule has 0 saturated carbocycles. The molecule has 2 heterocycles. The average molecular weight is 447 g/mol. The number of halogens is 1. The Morgan fingerprint density at radius 1 is 1.22 bits per heavy atom. The molecule has 32 heavy (non-hydrogen) atoms. The molecular weight excluding hydrogens is 424 g/mol. The third-order valence-corrected chi connectivity index (χ3v) is 6.50. The molecule has 0 fully saturated rings. The number of para-hydroxylation sites is 1. The smallest absolute Gasteiger partial charge is 0.347 e. The minimum atomic E-state index is -0.501. The number of rotatable bonds is 4. The number of hydrogen-bond donors (Lipinski definition) is 0. The fraction of sp³-hybridized carbons (Fsp3) is 0.240. The second-order valence-corrected chi connectivity index (χ2v) is 8.56. The second kappa shape index (κ2) is 8.28. The van der Waals surface area contributed by atoms with Crippen molar-refractivity contribution in [1.82, 2.24) is 14.1 Å². The number of fused-ring (bicyclic) bond motifs is 3. The lowest BCUT2D eigenvalue weighted by Crippen LogP contribution is -2.28. The van der Waals surface area contributed by atoms with Crippen LogP contribution in [0.1, 0.15) is 33.9 Å². The van der Waals surface area contributed by atoms with E-state index in [0.717, 1.165) is 47.4 Å². The SMILES string of the molecule is Cc1nccn1CC1CCc2c(c3ccccc3n2C)C1=NOC(=O)c1ccc(Cl)cc1. The summed E-state index contributed by atoms with van der Waals surface area (Å²) in [5.74, 6) is 0.546. The van der Waals surface area contributed by atoms with Crippen LogP contribution in [0.15, 0.2) is 66.1 Å². The first kappa shape index (κ1) is 20.5. The van der Waals surface area contributed by atoms with Crippen LogP contribution in [0.4, 0.5) is 0 Å². The molecule has 6 nitrogen and oxygen atoms in total. The van der Waals surface area contributed by atoms with Crippen LogP contribution in [-0.4, -0.2) is 25.8 Å². The number of carbonyl (C=O) groups is 1. The molecule has 1 aliphatic rings. The first-order valence-electron chi connectivity index (χ1n) is 10.6. The van der Waals surface area contributed by atoms with Gasteiger partial charge in [0.15, 0.2) is 0 Å². The molecule has 0 bridgehead atoms. The number of aryl methyl sites for hydroxylation is 2. The zero-order chi connectivity index (χ0) is 22.2. The van der Waals surface area contributed by atoms with Gasteiger partial charge in [-0.15, -0.1) is 0 Å². The second-order valence-electron chi connectivity index (χ2n) is 8.12. The van der Waals surface area contributed by atoms with Crippen molar-refractivity contribution < 1.29 is 9.63 Å². The molecule has 162 valence electrons. The number of aromatic nitrogens is 3. The summed E-state index contributed by atoms with van der Waals surface area (Å²) in [6, 6.07) is 14.9. The Labute approximate surface area is 191 Å². The van der Waals surface area contributed by atoms with Crippen molar-refractivity contribution in [2.75, 3.05) is 0 Å². The predicted molar refractivity (Wildman–Crippen MR) is 125 cm³/mol. The summed E-state index contributed by atoms with van der Waals surface area (Å²) in [5, 5.41) is 6.15. The highest BCUT2D eigenvalue weighted by Crippen LogP contribution is 2.35. The Morgan fingerprint density at radius 3 is 2.75 bits per heavy atom. The molecule has 0 spiro atoms. The van der Waals surface area contributed by atoms with E-state index in [-0.39, 0.29) is 5.92 Å². The predicted octanol–water partition coefficient (Wildman–Crippen LogP) is 5.16. The minimum Gasteiger partial charge on any atom is -0.347 e. The monoisotopic (exact) mass is 446 g/mol. The molecular formula is C25H23ClN4O2. The Balaban J connectivity index is 1.57. The summed E-state index contributed by atoms with van der Waals surface area (Å²) < 4.78 is 4.34. The van der Waals surface area contributed by atoms with E-state index in [9.17, 15) is 4.79 Å². The Hall–Kier alpha value is -3.38. The number of carbonyl (C=O) groups excluding carboxylic acids is 1. The number of oxime groups is 1. The minimum absolute atomic E-state index is 0.0965. The van der Waals surface area contributed by atoms with Gasteiger partial charge in [-0.05, 0) is 50.1 Å². The van der Waals surface area contributed by atoms with Crippen molar-refractivity contribution in [1.29, 1.82) is 0 Å². The van der Waals surface area contributed by atoms with Crippen molar-refractivity contribution in [3.8, 4) is 0 Å². The summed E-state index contributed by atoms with van der Waals surface area (Å²) >= 11 is 5.94. The van der Waals surface area contributed by atoms with Gasteiger partial charge >= 0.3 is 5.97 Å². The van der Waals surface area contributed by atoms with Gasteiger partial charge in [0.2, 0.25) is 0 Å². The molecule has 0 amide bonds. The topological polar surface area (TPSA) is 61.4 Å². The third kappa shape index (κ3) is 3.60. The van der Waals surface area contributed by atoms with Gasteiger partial charge in [-0.2, -0.15) is 0 Å². The normalized spacial score (nSPS) is 17.0. The number of nitrogens with zero attached hydrogens (tertiary/aromatic N) is 4. The molecule has 1 atom stereocenters. The molecule has 1 unspecified atom stereocenters. The fourth-order valence-electron chi connectivity index (χ4n) is 4.54. The summed E-state index contributed by atoms with van der Waals surface area (Å²) in [7, 11) is 2.08. The van der Waals surface area contributed by atoms with Gasteiger partial charge in [0.1, 0.15) is 5.82 Å². The van der Waals surface area contributed by atoms with Crippen molar-refractivity contribution in [3.05, 3.63) is 88.6 Å². The highest BCUT2D eigenvalue weighted by molar-refractivity contribution is 6.30. The Kier molecular flexibility index (Phi) is 5.31. The van der Waals surface area contributed by atoms with Crippen LogP contribution in [0.25, 0.3) is 10.9 Å². The number of imidazole rings is 1. The summed E-state index contributed by atoms with van der Waals surface area (Å²) in [6.45, 7) is 2.72. The highest BCUT2D eigenvalue weighted by Gasteiger charge is 2.32. The van der Waals surface area contributed by atoms with Gasteiger partial charge in [-0.3, -0.25) is 0 Å². The van der Waals surface area contributed by atoms with Gasteiger partial charge in [0, 0.05) is 59.1 Å². The first-order chi connectivity index (χ1) is 15.5. The lowest BCUT2D eigenvalue weighted by Gasteiger charge is -2.25. The fourth-order valence-corrected chi connectivity index (χ4v) is 4.66. The van der Waals surface area contributed by atoms with E-state index in [1.165, 1.54) is 5.69 Å². The van der Waals surface area contributed by atoms with E-state index in [2.05, 4.69) is 38.5 Å². The molecule has 5 rings (SSSR count). The van der Waals surface area contributed by atoms with E-state index in [4.69, 9.17) is 16.4 Å².